The van der Waals surface area contributed by atoms with Gasteiger partial charge in [-0.1, -0.05) is 90.5 Å². The first-order valence-electron chi connectivity index (χ1n) is 11.5. The molecule has 35 heavy (non-hydrogen) atoms. The number of fused-ring (bicyclic) bond motifs is 2. The second kappa shape index (κ2) is 11.3. The molecule has 3 heteroatoms. The zero-order valence-electron chi connectivity index (χ0n) is 19.1. The van der Waals surface area contributed by atoms with Gasteiger partial charge in [0.1, 0.15) is 0 Å². The molecule has 0 bridgehead atoms. The second-order valence-corrected chi connectivity index (χ2v) is 8.45. The van der Waals surface area contributed by atoms with Gasteiger partial charge >= 0.3 is 0 Å². The molecule has 180 valence electrons. The molecule has 0 fully saturated rings. The summed E-state index contributed by atoms with van der Waals surface area (Å²) >= 11 is 0. The molecular formula is C32H26FeO2-6. The zero-order chi connectivity index (χ0) is 23.3. The number of aliphatic hydroxyl groups is 2. The van der Waals surface area contributed by atoms with Crippen molar-refractivity contribution in [2.24, 2.45) is 0 Å². The van der Waals surface area contributed by atoms with E-state index in [1.165, 1.54) is 10.8 Å². The van der Waals surface area contributed by atoms with Crippen molar-refractivity contribution >= 4 is 21.5 Å². The van der Waals surface area contributed by atoms with E-state index < -0.39 is 12.2 Å². The summed E-state index contributed by atoms with van der Waals surface area (Å²) in [5.74, 6) is 0. The summed E-state index contributed by atoms with van der Waals surface area (Å²) in [6, 6.07) is 44.1. The summed E-state index contributed by atoms with van der Waals surface area (Å²) in [4.78, 5) is 0. The van der Waals surface area contributed by atoms with E-state index in [0.717, 1.165) is 33.0 Å². The molecule has 0 radical (unpaired) electrons. The van der Waals surface area contributed by atoms with Crippen molar-refractivity contribution in [2.45, 2.75) is 12.2 Å². The van der Waals surface area contributed by atoms with Crippen molar-refractivity contribution in [3.63, 3.8) is 0 Å². The number of hydrogen-bond acceptors (Lipinski definition) is 2. The largest absolute Gasteiger partial charge is 0.747 e. The van der Waals surface area contributed by atoms with Crippen molar-refractivity contribution in [2.75, 3.05) is 0 Å². The summed E-state index contributed by atoms with van der Waals surface area (Å²) in [5.41, 5.74) is 3.77. The Hall–Kier alpha value is -3.46. The maximum Gasteiger partial charge on any atom is 0.0602 e. The van der Waals surface area contributed by atoms with Gasteiger partial charge < -0.3 is 40.0 Å². The van der Waals surface area contributed by atoms with Crippen molar-refractivity contribution in [1.82, 2.24) is 0 Å². The Morgan fingerprint density at radius 1 is 0.543 bits per heavy atom. The van der Waals surface area contributed by atoms with E-state index in [1.54, 1.807) is 0 Å². The van der Waals surface area contributed by atoms with Gasteiger partial charge in [-0.05, 0) is 33.2 Å². The second-order valence-electron chi connectivity index (χ2n) is 8.45. The quantitative estimate of drug-likeness (QED) is 0.198. The Morgan fingerprint density at radius 2 is 1.00 bits per heavy atom. The third kappa shape index (κ3) is 5.62. The fraction of sp³-hybridized carbons (Fsp3) is 0.0625. The Balaban J connectivity index is 0.000000160. The van der Waals surface area contributed by atoms with Crippen LogP contribution in [-0.2, 0) is 17.1 Å². The molecule has 2 nitrogen and oxygen atoms in total. The minimum atomic E-state index is -0.533. The summed E-state index contributed by atoms with van der Waals surface area (Å²) < 4.78 is 0. The van der Waals surface area contributed by atoms with Crippen LogP contribution in [0.4, 0.5) is 0 Å². The number of benzene rings is 4. The van der Waals surface area contributed by atoms with Gasteiger partial charge in [-0.3, -0.25) is 0 Å². The molecule has 0 aliphatic heterocycles. The summed E-state index contributed by atoms with van der Waals surface area (Å²) in [5, 5.41) is 25.2. The maximum atomic E-state index is 10.2. The van der Waals surface area contributed by atoms with Crippen LogP contribution in [0.2, 0.25) is 0 Å². The molecule has 2 atom stereocenters. The minimum Gasteiger partial charge on any atom is -0.747 e. The number of rotatable bonds is 4. The van der Waals surface area contributed by atoms with Gasteiger partial charge in [-0.15, -0.1) is 5.56 Å². The minimum absolute atomic E-state index is 0. The monoisotopic (exact) mass is 498 g/mol. The van der Waals surface area contributed by atoms with Gasteiger partial charge in [-0.2, -0.15) is 12.1 Å². The van der Waals surface area contributed by atoms with E-state index in [0.29, 0.717) is 0 Å². The average molecular weight is 498 g/mol. The predicted molar refractivity (Wildman–Crippen MR) is 140 cm³/mol. The SMILES string of the molecule is OC(c1ccc2ccccc2c1)[c-]1[cH-][cH-][cH-][cH-]1.OC(c1ccc2ccccc2c1)[c-]1cccc1.[Fe]. The number of hydrogen-bond donors (Lipinski definition) is 2. The molecule has 6 aromatic carbocycles. The third-order valence-corrected chi connectivity index (χ3v) is 6.19. The Morgan fingerprint density at radius 3 is 1.51 bits per heavy atom. The van der Waals surface area contributed by atoms with Crippen LogP contribution >= 0.6 is 0 Å². The first-order valence-corrected chi connectivity index (χ1v) is 11.5. The maximum absolute atomic E-state index is 10.2. The molecule has 0 spiro atoms. The summed E-state index contributed by atoms with van der Waals surface area (Å²) in [7, 11) is 0. The third-order valence-electron chi connectivity index (χ3n) is 6.19. The first-order chi connectivity index (χ1) is 16.7. The van der Waals surface area contributed by atoms with Crippen LogP contribution in [0.25, 0.3) is 21.5 Å². The van der Waals surface area contributed by atoms with Crippen LogP contribution in [-0.4, -0.2) is 10.2 Å². The van der Waals surface area contributed by atoms with Gasteiger partial charge in [0.05, 0.1) is 6.10 Å². The van der Waals surface area contributed by atoms with E-state index in [1.807, 2.05) is 97.1 Å². The molecule has 0 saturated carbocycles. The number of aliphatic hydroxyl groups excluding tert-OH is 2. The van der Waals surface area contributed by atoms with E-state index in [2.05, 4.69) is 36.4 Å². The molecule has 0 aliphatic rings. The van der Waals surface area contributed by atoms with Crippen LogP contribution in [0, 0.1) is 0 Å². The van der Waals surface area contributed by atoms with Crippen LogP contribution in [0.15, 0.2) is 133 Å². The Kier molecular flexibility index (Phi) is 7.97. The first kappa shape index (κ1) is 24.7. The molecule has 2 unspecified atom stereocenters. The predicted octanol–water partition coefficient (Wildman–Crippen LogP) is 7.28. The van der Waals surface area contributed by atoms with Crippen LogP contribution in [0.3, 0.4) is 0 Å². The van der Waals surface area contributed by atoms with Crippen LogP contribution in [0.1, 0.15) is 34.5 Å². The van der Waals surface area contributed by atoms with Crippen molar-refractivity contribution in [3.05, 3.63) is 156 Å². The average Bonchev–Trinajstić information content (AvgIpc) is 3.63. The topological polar surface area (TPSA) is 40.5 Å². The molecular weight excluding hydrogens is 472 g/mol. The van der Waals surface area contributed by atoms with Crippen molar-refractivity contribution < 1.29 is 27.3 Å². The fourth-order valence-corrected chi connectivity index (χ4v) is 4.28. The van der Waals surface area contributed by atoms with Gasteiger partial charge in [0.25, 0.3) is 0 Å². The summed E-state index contributed by atoms with van der Waals surface area (Å²) in [6.07, 6.45) is -1.07. The van der Waals surface area contributed by atoms with Gasteiger partial charge in [0, 0.05) is 17.1 Å². The van der Waals surface area contributed by atoms with Crippen LogP contribution < -0.4 is 0 Å². The van der Waals surface area contributed by atoms with Gasteiger partial charge in [-0.25, -0.2) is 12.1 Å². The molecule has 2 N–H and O–H groups in total. The van der Waals surface area contributed by atoms with E-state index in [9.17, 15) is 10.2 Å². The van der Waals surface area contributed by atoms with E-state index in [4.69, 9.17) is 0 Å². The molecule has 0 aliphatic carbocycles. The standard InChI is InChI=1S/2C16H13O.Fe/c2*17-16(13-6-2-3-7-13)15-10-9-12-5-1-4-8-14(12)11-15;/h2*1-11,16-17H;/q-5;-1;. The Labute approximate surface area is 216 Å². The molecule has 0 heterocycles. The Bertz CT molecular complexity index is 1370. The zero-order valence-corrected chi connectivity index (χ0v) is 20.2. The smallest absolute Gasteiger partial charge is 0.0602 e. The normalized spacial score (nSPS) is 12.4. The van der Waals surface area contributed by atoms with E-state index in [-0.39, 0.29) is 17.1 Å². The molecule has 0 amide bonds. The molecule has 0 aromatic heterocycles. The summed E-state index contributed by atoms with van der Waals surface area (Å²) in [6.45, 7) is 0. The molecule has 0 saturated heterocycles. The van der Waals surface area contributed by atoms with Crippen molar-refractivity contribution in [1.29, 1.82) is 0 Å². The molecule has 6 rings (SSSR count). The van der Waals surface area contributed by atoms with Gasteiger partial charge in [0.2, 0.25) is 0 Å². The van der Waals surface area contributed by atoms with Gasteiger partial charge in [0.15, 0.2) is 0 Å². The van der Waals surface area contributed by atoms with E-state index >= 15 is 0 Å². The fourth-order valence-electron chi connectivity index (χ4n) is 4.28. The molecule has 6 aromatic rings. The van der Waals surface area contributed by atoms with Crippen LogP contribution in [0.5, 0.6) is 0 Å². The van der Waals surface area contributed by atoms with Crippen molar-refractivity contribution in [3.8, 4) is 0 Å².